The van der Waals surface area contributed by atoms with E-state index in [1.54, 1.807) is 6.08 Å². The van der Waals surface area contributed by atoms with Crippen molar-refractivity contribution in [1.82, 2.24) is 0 Å². The Morgan fingerprint density at radius 3 is 2.78 bits per heavy atom. The fraction of sp³-hybridized carbons (Fsp3) is 0.429. The Morgan fingerprint density at radius 2 is 2.33 bits per heavy atom. The van der Waals surface area contributed by atoms with Crippen LogP contribution < -0.4 is 0 Å². The minimum absolute atomic E-state index is 0.580. The molecule has 0 atom stereocenters. The van der Waals surface area contributed by atoms with Gasteiger partial charge >= 0.3 is 0 Å². The zero-order valence-electron chi connectivity index (χ0n) is 5.39. The molecule has 2 heteroatoms. The van der Waals surface area contributed by atoms with E-state index >= 15 is 0 Å². The van der Waals surface area contributed by atoms with E-state index in [-0.39, 0.29) is 0 Å². The number of allylic oxidation sites excluding steroid dienone is 2. The molecule has 0 aromatic heterocycles. The van der Waals surface area contributed by atoms with E-state index in [0.29, 0.717) is 0 Å². The third-order valence-electron chi connectivity index (χ3n) is 0.825. The summed E-state index contributed by atoms with van der Waals surface area (Å²) in [5.74, 6) is -0.580. The largest absolute Gasteiger partial charge is 0.285 e. The number of rotatable bonds is 4. The number of unbranched alkanes of at least 4 members (excludes halogenated alkanes) is 1. The van der Waals surface area contributed by atoms with Crippen molar-refractivity contribution in [3.63, 3.8) is 0 Å². The van der Waals surface area contributed by atoms with Crippen LogP contribution in [0.25, 0.3) is 0 Å². The summed E-state index contributed by atoms with van der Waals surface area (Å²) in [5.41, 5.74) is 0. The van der Waals surface area contributed by atoms with E-state index in [0.717, 1.165) is 12.8 Å². The molecule has 0 aromatic rings. The zero-order chi connectivity index (χ0) is 7.11. The second-order valence-corrected chi connectivity index (χ2v) is 1.66. The molecule has 9 heavy (non-hydrogen) atoms. The smallest absolute Gasteiger partial charge is 0.276 e. The molecular formula is C7H9O2. The molecule has 49 valence electrons. The van der Waals surface area contributed by atoms with Crippen molar-refractivity contribution in [3.05, 3.63) is 12.2 Å². The van der Waals surface area contributed by atoms with Crippen molar-refractivity contribution in [2.45, 2.75) is 19.8 Å². The molecule has 0 spiro atoms. The van der Waals surface area contributed by atoms with Crippen LogP contribution in [0.15, 0.2) is 12.2 Å². The van der Waals surface area contributed by atoms with Gasteiger partial charge in [-0.15, -0.1) is 0 Å². The van der Waals surface area contributed by atoms with Gasteiger partial charge in [0.25, 0.3) is 6.29 Å². The third kappa shape index (κ3) is 4.94. The SMILES string of the molecule is CCC/C=C/C(=O)[C]=O. The molecule has 0 unspecified atom stereocenters. The van der Waals surface area contributed by atoms with Gasteiger partial charge in [-0.05, 0) is 12.5 Å². The van der Waals surface area contributed by atoms with E-state index in [2.05, 4.69) is 0 Å². The summed E-state index contributed by atoms with van der Waals surface area (Å²) in [6.07, 6.45) is 6.00. The van der Waals surface area contributed by atoms with Crippen molar-refractivity contribution in [1.29, 1.82) is 0 Å². The number of carbonyl (C=O) groups excluding carboxylic acids is 2. The summed E-state index contributed by atoms with van der Waals surface area (Å²) in [6, 6.07) is 0. The predicted molar refractivity (Wildman–Crippen MR) is 34.7 cm³/mol. The Kier molecular flexibility index (Phi) is 4.69. The Hall–Kier alpha value is -0.920. The summed E-state index contributed by atoms with van der Waals surface area (Å²) in [5, 5.41) is 0. The van der Waals surface area contributed by atoms with Crippen LogP contribution in [-0.4, -0.2) is 12.1 Å². The molecule has 0 N–H and O–H groups in total. The average Bonchev–Trinajstić information content (AvgIpc) is 1.89. The molecule has 0 amide bonds. The van der Waals surface area contributed by atoms with Gasteiger partial charge in [0.1, 0.15) is 0 Å². The van der Waals surface area contributed by atoms with Gasteiger partial charge in [-0.1, -0.05) is 19.4 Å². The Balaban J connectivity index is 3.44. The molecule has 0 heterocycles. The minimum atomic E-state index is -0.580. The molecule has 0 bridgehead atoms. The Morgan fingerprint density at radius 1 is 1.67 bits per heavy atom. The normalized spacial score (nSPS) is 9.89. The molecule has 0 aliphatic carbocycles. The van der Waals surface area contributed by atoms with Gasteiger partial charge in [0.15, 0.2) is 0 Å². The van der Waals surface area contributed by atoms with E-state index in [1.807, 2.05) is 6.92 Å². The molecule has 0 rings (SSSR count). The van der Waals surface area contributed by atoms with Crippen LogP contribution in [0.2, 0.25) is 0 Å². The van der Waals surface area contributed by atoms with Crippen LogP contribution in [0.4, 0.5) is 0 Å². The lowest BCUT2D eigenvalue weighted by Gasteiger charge is -1.79. The van der Waals surface area contributed by atoms with Crippen LogP contribution in [-0.2, 0) is 9.59 Å². The second-order valence-electron chi connectivity index (χ2n) is 1.66. The van der Waals surface area contributed by atoms with E-state index in [9.17, 15) is 9.59 Å². The van der Waals surface area contributed by atoms with Crippen molar-refractivity contribution >= 4 is 12.1 Å². The maximum absolute atomic E-state index is 10.2. The summed E-state index contributed by atoms with van der Waals surface area (Å²) in [6.45, 7) is 2.00. The number of ketones is 1. The number of hydrogen-bond donors (Lipinski definition) is 0. The fourth-order valence-electron chi connectivity index (χ4n) is 0.391. The molecule has 2 nitrogen and oxygen atoms in total. The van der Waals surface area contributed by atoms with E-state index in [4.69, 9.17) is 0 Å². The van der Waals surface area contributed by atoms with Crippen molar-refractivity contribution in [2.24, 2.45) is 0 Å². The first-order chi connectivity index (χ1) is 4.31. The first-order valence-electron chi connectivity index (χ1n) is 2.90. The molecule has 0 aliphatic heterocycles. The highest BCUT2D eigenvalue weighted by Crippen LogP contribution is 1.87. The van der Waals surface area contributed by atoms with Crippen LogP contribution in [0, 0.1) is 0 Å². The van der Waals surface area contributed by atoms with Crippen LogP contribution in [0.1, 0.15) is 19.8 Å². The molecule has 0 saturated carbocycles. The summed E-state index contributed by atoms with van der Waals surface area (Å²) < 4.78 is 0. The lowest BCUT2D eigenvalue weighted by atomic mass is 10.3. The molecule has 0 aliphatic rings. The van der Waals surface area contributed by atoms with Gasteiger partial charge in [0.2, 0.25) is 5.78 Å². The van der Waals surface area contributed by atoms with Gasteiger partial charge in [-0.2, -0.15) is 0 Å². The molecule has 0 aromatic carbocycles. The van der Waals surface area contributed by atoms with Gasteiger partial charge in [-0.25, -0.2) is 0 Å². The summed E-state index contributed by atoms with van der Waals surface area (Å²) in [7, 11) is 0. The van der Waals surface area contributed by atoms with Crippen molar-refractivity contribution < 1.29 is 9.59 Å². The van der Waals surface area contributed by atoms with E-state index < -0.39 is 5.78 Å². The van der Waals surface area contributed by atoms with Crippen LogP contribution >= 0.6 is 0 Å². The van der Waals surface area contributed by atoms with Gasteiger partial charge in [0.05, 0.1) is 0 Å². The standard InChI is InChI=1S/C7H9O2/c1-2-3-4-5-7(9)6-8/h4-5H,2-3H2,1H3/b5-4+. The second kappa shape index (κ2) is 5.22. The van der Waals surface area contributed by atoms with Gasteiger partial charge in [-0.3, -0.25) is 9.59 Å². The fourth-order valence-corrected chi connectivity index (χ4v) is 0.391. The molecular weight excluding hydrogens is 116 g/mol. The predicted octanol–water partition coefficient (Wildman–Crippen LogP) is 1.02. The molecule has 0 saturated heterocycles. The zero-order valence-corrected chi connectivity index (χ0v) is 5.39. The highest BCUT2D eigenvalue weighted by molar-refractivity contribution is 6.30. The summed E-state index contributed by atoms with van der Waals surface area (Å²) >= 11 is 0. The van der Waals surface area contributed by atoms with Crippen molar-refractivity contribution in [2.75, 3.05) is 0 Å². The first-order valence-corrected chi connectivity index (χ1v) is 2.90. The Labute approximate surface area is 54.6 Å². The monoisotopic (exact) mass is 125 g/mol. The Bertz CT molecular complexity index is 125. The number of hydrogen-bond acceptors (Lipinski definition) is 2. The van der Waals surface area contributed by atoms with Crippen molar-refractivity contribution in [3.8, 4) is 0 Å². The quantitative estimate of drug-likeness (QED) is 0.415. The average molecular weight is 125 g/mol. The maximum Gasteiger partial charge on any atom is 0.276 e. The summed E-state index contributed by atoms with van der Waals surface area (Å²) in [4.78, 5) is 19.7. The highest BCUT2D eigenvalue weighted by atomic mass is 16.2. The van der Waals surface area contributed by atoms with Crippen LogP contribution in [0.3, 0.4) is 0 Å². The van der Waals surface area contributed by atoms with E-state index in [1.165, 1.54) is 12.4 Å². The lowest BCUT2D eigenvalue weighted by molar-refractivity contribution is -0.109. The third-order valence-corrected chi connectivity index (χ3v) is 0.825. The topological polar surface area (TPSA) is 34.1 Å². The van der Waals surface area contributed by atoms with Gasteiger partial charge in [0, 0.05) is 0 Å². The maximum atomic E-state index is 10.2. The highest BCUT2D eigenvalue weighted by Gasteiger charge is 1.88. The lowest BCUT2D eigenvalue weighted by Crippen LogP contribution is -1.90. The molecule has 0 fully saturated rings. The molecule has 1 radical (unpaired) electrons. The van der Waals surface area contributed by atoms with Gasteiger partial charge < -0.3 is 0 Å². The van der Waals surface area contributed by atoms with Crippen LogP contribution in [0.5, 0.6) is 0 Å². The first kappa shape index (κ1) is 8.08. The number of carbonyl (C=O) groups is 1. The minimum Gasteiger partial charge on any atom is -0.285 e.